The molecule has 12 heteroatoms. The maximum absolute atomic E-state index is 12.7. The van der Waals surface area contributed by atoms with Crippen LogP contribution in [0, 0.1) is 0 Å². The molecule has 0 saturated carbocycles. The van der Waals surface area contributed by atoms with Crippen LogP contribution in [-0.4, -0.2) is 39.9 Å². The average molecular weight is 504 g/mol. The highest BCUT2D eigenvalue weighted by Crippen LogP contribution is 2.41. The van der Waals surface area contributed by atoms with Crippen LogP contribution in [0.4, 0.5) is 13.2 Å². The number of aldehydes is 1. The van der Waals surface area contributed by atoms with Gasteiger partial charge in [0.1, 0.15) is 11.9 Å². The second-order valence-electron chi connectivity index (χ2n) is 8.77. The van der Waals surface area contributed by atoms with Crippen LogP contribution < -0.4 is 13.7 Å². The lowest BCUT2D eigenvalue weighted by Gasteiger charge is -2.18. The predicted octanol–water partition coefficient (Wildman–Crippen LogP) is 4.91. The zero-order valence-corrected chi connectivity index (χ0v) is 20.1. The van der Waals surface area contributed by atoms with Gasteiger partial charge in [-0.1, -0.05) is 31.8 Å². The van der Waals surface area contributed by atoms with Gasteiger partial charge in [-0.05, 0) is 36.6 Å². The summed E-state index contributed by atoms with van der Waals surface area (Å²) in [7, 11) is -7.13. The van der Waals surface area contributed by atoms with E-state index in [1.54, 1.807) is 6.07 Å². The van der Waals surface area contributed by atoms with Crippen molar-refractivity contribution in [3.63, 3.8) is 0 Å². The lowest BCUT2D eigenvalue weighted by atomic mass is 10.1. The summed E-state index contributed by atoms with van der Waals surface area (Å²) in [6, 6.07) is 8.09. The van der Waals surface area contributed by atoms with Gasteiger partial charge < -0.3 is 13.7 Å². The Morgan fingerprint density at radius 2 is 1.91 bits per heavy atom. The minimum absolute atomic E-state index is 0.146. The summed E-state index contributed by atoms with van der Waals surface area (Å²) in [4.78, 5) is 15.6. The number of benzene rings is 1. The first-order valence-corrected chi connectivity index (χ1v) is 15.3. The second kappa shape index (κ2) is 9.33. The van der Waals surface area contributed by atoms with Gasteiger partial charge in [0.15, 0.2) is 6.29 Å². The van der Waals surface area contributed by atoms with Gasteiger partial charge in [-0.2, -0.15) is 26.6 Å². The van der Waals surface area contributed by atoms with E-state index in [-0.39, 0.29) is 29.5 Å². The Labute approximate surface area is 191 Å². The van der Waals surface area contributed by atoms with Crippen LogP contribution in [0.1, 0.15) is 34.0 Å². The van der Waals surface area contributed by atoms with Crippen molar-refractivity contribution in [1.29, 1.82) is 0 Å². The highest BCUT2D eigenvalue weighted by molar-refractivity contribution is 7.88. The van der Waals surface area contributed by atoms with Crippen LogP contribution >= 0.6 is 0 Å². The molecule has 33 heavy (non-hydrogen) atoms. The molecule has 1 aliphatic rings. The second-order valence-corrected chi connectivity index (χ2v) is 15.9. The quantitative estimate of drug-likeness (QED) is 0.208. The first kappa shape index (κ1) is 25.0. The number of alkyl halides is 3. The summed E-state index contributed by atoms with van der Waals surface area (Å²) in [6.07, 6.45) is 0.692. The number of ether oxygens (including phenoxy) is 2. The van der Waals surface area contributed by atoms with Crippen LogP contribution in [0.25, 0.3) is 0 Å². The number of hydrogen-bond donors (Lipinski definition) is 0. The molecule has 1 unspecified atom stereocenters. The van der Waals surface area contributed by atoms with Crippen LogP contribution in [0.3, 0.4) is 0 Å². The molecule has 1 aromatic heterocycles. The average Bonchev–Trinajstić information content (AvgIpc) is 3.10. The number of fused-ring (bicyclic) bond motifs is 1. The van der Waals surface area contributed by atoms with Gasteiger partial charge in [-0.15, -0.1) is 0 Å². The largest absolute Gasteiger partial charge is 0.534 e. The Balaban J connectivity index is 1.79. The minimum Gasteiger partial charge on any atom is -0.477 e. The van der Waals surface area contributed by atoms with E-state index in [0.717, 1.165) is 6.04 Å². The van der Waals surface area contributed by atoms with Gasteiger partial charge in [0, 0.05) is 19.7 Å². The fourth-order valence-corrected chi connectivity index (χ4v) is 4.45. The van der Waals surface area contributed by atoms with E-state index in [1.807, 2.05) is 0 Å². The molecular weight excluding hydrogens is 479 g/mol. The first-order chi connectivity index (χ1) is 15.3. The maximum Gasteiger partial charge on any atom is 0.534 e. The van der Waals surface area contributed by atoms with E-state index >= 15 is 0 Å². The molecular formula is C21H24F3NO6SSi. The van der Waals surface area contributed by atoms with Crippen molar-refractivity contribution in [2.24, 2.45) is 0 Å². The van der Waals surface area contributed by atoms with Gasteiger partial charge >= 0.3 is 15.6 Å². The maximum atomic E-state index is 12.7. The van der Waals surface area contributed by atoms with Crippen molar-refractivity contribution in [1.82, 2.24) is 4.98 Å². The molecule has 0 saturated heterocycles. The first-order valence-electron chi connectivity index (χ1n) is 10.2. The molecule has 7 nitrogen and oxygen atoms in total. The standard InChI is InChI=1S/C21H24F3NO6SSi/c1-33(2,3)12-11-29-20-14(13-26)7-10-19(25-20)30-17-9-8-16-15(17)5-4-6-18(16)31-32(27,28)21(22,23)24/h4-7,10,13,17H,8-9,11-12H2,1-3H3. The smallest absolute Gasteiger partial charge is 0.477 e. The van der Waals surface area contributed by atoms with Crippen LogP contribution in [0.5, 0.6) is 17.5 Å². The predicted molar refractivity (Wildman–Crippen MR) is 117 cm³/mol. The van der Waals surface area contributed by atoms with Crippen molar-refractivity contribution < 1.29 is 40.0 Å². The Bertz CT molecular complexity index is 1130. The zero-order valence-electron chi connectivity index (χ0n) is 18.3. The highest BCUT2D eigenvalue weighted by Gasteiger charge is 2.49. The van der Waals surface area contributed by atoms with Gasteiger partial charge in [0.2, 0.25) is 11.8 Å². The number of aromatic nitrogens is 1. The Kier molecular flexibility index (Phi) is 7.08. The normalized spacial score (nSPS) is 16.2. The number of carbonyl (C=O) groups excluding carboxylic acids is 1. The lowest BCUT2D eigenvalue weighted by Crippen LogP contribution is -2.28. The number of rotatable bonds is 9. The summed E-state index contributed by atoms with van der Waals surface area (Å²) in [5.41, 5.74) is -4.42. The van der Waals surface area contributed by atoms with Crippen molar-refractivity contribution in [3.05, 3.63) is 47.0 Å². The van der Waals surface area contributed by atoms with E-state index in [1.165, 1.54) is 24.3 Å². The summed E-state index contributed by atoms with van der Waals surface area (Å²) in [6.45, 7) is 6.99. The van der Waals surface area contributed by atoms with Crippen molar-refractivity contribution in [2.45, 2.75) is 50.1 Å². The van der Waals surface area contributed by atoms with E-state index < -0.39 is 29.8 Å². The van der Waals surface area contributed by atoms with Gasteiger partial charge in [-0.3, -0.25) is 4.79 Å². The fourth-order valence-electron chi connectivity index (χ4n) is 3.25. The molecule has 0 fully saturated rings. The summed E-state index contributed by atoms with van der Waals surface area (Å²) in [5.74, 6) is -0.0569. The number of pyridine rings is 1. The Morgan fingerprint density at radius 1 is 1.18 bits per heavy atom. The molecule has 2 aromatic rings. The minimum atomic E-state index is -5.78. The molecule has 1 atom stereocenters. The molecule has 0 N–H and O–H groups in total. The number of halogens is 3. The zero-order chi connectivity index (χ0) is 24.4. The molecule has 0 radical (unpaired) electrons. The van der Waals surface area contributed by atoms with Crippen molar-refractivity contribution in [3.8, 4) is 17.5 Å². The summed E-state index contributed by atoms with van der Waals surface area (Å²) in [5, 5.41) is 0. The lowest BCUT2D eigenvalue weighted by molar-refractivity contribution is -0.0500. The van der Waals surface area contributed by atoms with E-state index in [4.69, 9.17) is 9.47 Å². The van der Waals surface area contributed by atoms with Crippen molar-refractivity contribution >= 4 is 24.5 Å². The number of hydrogen-bond acceptors (Lipinski definition) is 7. The van der Waals surface area contributed by atoms with Crippen LogP contribution in [0.15, 0.2) is 30.3 Å². The third-order valence-corrected chi connectivity index (χ3v) is 7.67. The topological polar surface area (TPSA) is 91.8 Å². The Morgan fingerprint density at radius 3 is 2.55 bits per heavy atom. The summed E-state index contributed by atoms with van der Waals surface area (Å²) < 4.78 is 76.9. The van der Waals surface area contributed by atoms with Gasteiger partial charge in [-0.25, -0.2) is 0 Å². The van der Waals surface area contributed by atoms with E-state index in [9.17, 15) is 26.4 Å². The van der Waals surface area contributed by atoms with E-state index in [0.29, 0.717) is 30.4 Å². The third-order valence-electron chi connectivity index (χ3n) is 5.00. The molecule has 180 valence electrons. The van der Waals surface area contributed by atoms with Crippen LogP contribution in [-0.2, 0) is 16.5 Å². The molecule has 3 rings (SSSR count). The summed E-state index contributed by atoms with van der Waals surface area (Å²) >= 11 is 0. The number of carbonyl (C=O) groups is 1. The van der Waals surface area contributed by atoms with Crippen LogP contribution in [0.2, 0.25) is 25.7 Å². The molecule has 1 aromatic carbocycles. The fraction of sp³-hybridized carbons (Fsp3) is 0.429. The molecule has 1 aliphatic carbocycles. The molecule has 0 spiro atoms. The third kappa shape index (κ3) is 6.05. The molecule has 1 heterocycles. The Hall–Kier alpha value is -2.60. The molecule has 0 aliphatic heterocycles. The molecule has 0 bridgehead atoms. The highest BCUT2D eigenvalue weighted by atomic mass is 32.2. The van der Waals surface area contributed by atoms with Crippen molar-refractivity contribution in [2.75, 3.05) is 6.61 Å². The van der Waals surface area contributed by atoms with Gasteiger partial charge in [0.05, 0.1) is 12.2 Å². The monoisotopic (exact) mass is 503 g/mol. The van der Waals surface area contributed by atoms with Gasteiger partial charge in [0.25, 0.3) is 0 Å². The van der Waals surface area contributed by atoms with E-state index in [2.05, 4.69) is 28.8 Å². The molecule has 0 amide bonds. The SMILES string of the molecule is C[Si](C)(C)CCOc1nc(OC2CCc3c(OS(=O)(=O)C(F)(F)F)cccc32)ccc1C=O. The number of nitrogens with zero attached hydrogens (tertiary/aromatic N) is 1.